The molecule has 18 heavy (non-hydrogen) atoms. The number of hydrogen-bond acceptors (Lipinski definition) is 3. The van der Waals surface area contributed by atoms with Crippen molar-refractivity contribution in [3.05, 3.63) is 35.4 Å². The molecule has 0 heterocycles. The Hall–Kier alpha value is -1.35. The Morgan fingerprint density at radius 1 is 1.22 bits per heavy atom. The molecule has 1 rings (SSSR count). The summed E-state index contributed by atoms with van der Waals surface area (Å²) in [5, 5.41) is 3.11. The highest BCUT2D eigenvalue weighted by Crippen LogP contribution is 2.22. The first-order valence-electron chi connectivity index (χ1n) is 6.43. The van der Waals surface area contributed by atoms with Gasteiger partial charge in [0.25, 0.3) is 0 Å². The van der Waals surface area contributed by atoms with Gasteiger partial charge in [-0.25, -0.2) is 4.79 Å². The van der Waals surface area contributed by atoms with Crippen LogP contribution in [0.15, 0.2) is 24.3 Å². The first kappa shape index (κ1) is 14.7. The van der Waals surface area contributed by atoms with E-state index < -0.39 is 0 Å². The van der Waals surface area contributed by atoms with E-state index >= 15 is 0 Å². The molecule has 0 radical (unpaired) electrons. The van der Waals surface area contributed by atoms with Crippen LogP contribution in [0.3, 0.4) is 0 Å². The molecular weight excluding hydrogens is 226 g/mol. The maximum atomic E-state index is 11.7. The summed E-state index contributed by atoms with van der Waals surface area (Å²) < 4.78 is 5.15. The van der Waals surface area contributed by atoms with Gasteiger partial charge in [0.2, 0.25) is 0 Å². The Bertz CT molecular complexity index is 376. The SMILES string of the molecule is CCNCCOC(=O)c1ccc(C(C)(C)C)cc1. The van der Waals surface area contributed by atoms with Crippen LogP contribution in [0, 0.1) is 0 Å². The van der Waals surface area contributed by atoms with E-state index in [-0.39, 0.29) is 11.4 Å². The second-order valence-corrected chi connectivity index (χ2v) is 5.32. The highest BCUT2D eigenvalue weighted by Gasteiger charge is 2.14. The lowest BCUT2D eigenvalue weighted by Crippen LogP contribution is -2.21. The minimum atomic E-state index is -0.256. The van der Waals surface area contributed by atoms with Crippen LogP contribution in [0.5, 0.6) is 0 Å². The third kappa shape index (κ3) is 4.49. The summed E-state index contributed by atoms with van der Waals surface area (Å²) in [7, 11) is 0. The van der Waals surface area contributed by atoms with Gasteiger partial charge in [0.15, 0.2) is 0 Å². The van der Waals surface area contributed by atoms with Crippen LogP contribution in [0.1, 0.15) is 43.6 Å². The molecule has 0 aliphatic carbocycles. The van der Waals surface area contributed by atoms with E-state index in [4.69, 9.17) is 4.74 Å². The molecule has 0 aliphatic rings. The number of nitrogens with one attached hydrogen (secondary N) is 1. The lowest BCUT2D eigenvalue weighted by atomic mass is 9.87. The molecule has 0 aliphatic heterocycles. The number of hydrogen-bond donors (Lipinski definition) is 1. The average Bonchev–Trinajstić information content (AvgIpc) is 2.33. The van der Waals surface area contributed by atoms with Gasteiger partial charge in [0.1, 0.15) is 6.61 Å². The first-order chi connectivity index (χ1) is 8.45. The minimum Gasteiger partial charge on any atom is -0.461 e. The fourth-order valence-corrected chi connectivity index (χ4v) is 1.58. The molecule has 0 atom stereocenters. The van der Waals surface area contributed by atoms with Crippen molar-refractivity contribution in [1.29, 1.82) is 0 Å². The normalized spacial score (nSPS) is 11.3. The quantitative estimate of drug-likeness (QED) is 0.644. The van der Waals surface area contributed by atoms with Gasteiger partial charge >= 0.3 is 5.97 Å². The van der Waals surface area contributed by atoms with Gasteiger partial charge in [-0.3, -0.25) is 0 Å². The van der Waals surface area contributed by atoms with Crippen molar-refractivity contribution < 1.29 is 9.53 Å². The molecule has 100 valence electrons. The van der Waals surface area contributed by atoms with Gasteiger partial charge in [-0.05, 0) is 29.7 Å². The molecule has 0 bridgehead atoms. The van der Waals surface area contributed by atoms with E-state index in [1.54, 1.807) is 0 Å². The predicted octanol–water partition coefficient (Wildman–Crippen LogP) is 2.75. The van der Waals surface area contributed by atoms with Crippen molar-refractivity contribution in [2.24, 2.45) is 0 Å². The maximum absolute atomic E-state index is 11.7. The Labute approximate surface area is 110 Å². The molecular formula is C15H23NO2. The molecule has 0 saturated heterocycles. The molecule has 1 aromatic carbocycles. The minimum absolute atomic E-state index is 0.105. The fourth-order valence-electron chi connectivity index (χ4n) is 1.58. The van der Waals surface area contributed by atoms with E-state index in [0.29, 0.717) is 18.7 Å². The molecule has 0 aromatic heterocycles. The number of likely N-dealkylation sites (N-methyl/N-ethyl adjacent to an activating group) is 1. The van der Waals surface area contributed by atoms with Crippen LogP contribution in [0.4, 0.5) is 0 Å². The Balaban J connectivity index is 2.54. The van der Waals surface area contributed by atoms with Crippen molar-refractivity contribution in [2.45, 2.75) is 33.1 Å². The van der Waals surface area contributed by atoms with Crippen molar-refractivity contribution in [2.75, 3.05) is 19.7 Å². The highest BCUT2D eigenvalue weighted by molar-refractivity contribution is 5.89. The van der Waals surface area contributed by atoms with E-state index in [0.717, 1.165) is 6.54 Å². The number of ether oxygens (including phenoxy) is 1. The van der Waals surface area contributed by atoms with Gasteiger partial charge in [0, 0.05) is 6.54 Å². The highest BCUT2D eigenvalue weighted by atomic mass is 16.5. The van der Waals surface area contributed by atoms with Crippen LogP contribution >= 0.6 is 0 Å². The molecule has 0 saturated carbocycles. The summed E-state index contributed by atoms with van der Waals surface area (Å²) in [6.45, 7) is 10.5. The van der Waals surface area contributed by atoms with E-state index in [9.17, 15) is 4.79 Å². The Kier molecular flexibility index (Phi) is 5.35. The summed E-state index contributed by atoms with van der Waals surface area (Å²) >= 11 is 0. The van der Waals surface area contributed by atoms with Crippen molar-refractivity contribution in [1.82, 2.24) is 5.32 Å². The third-order valence-electron chi connectivity index (χ3n) is 2.75. The number of rotatable bonds is 5. The fraction of sp³-hybridized carbons (Fsp3) is 0.533. The molecule has 1 aromatic rings. The summed E-state index contributed by atoms with van der Waals surface area (Å²) in [5.41, 5.74) is 1.93. The summed E-state index contributed by atoms with van der Waals surface area (Å²) in [6.07, 6.45) is 0. The maximum Gasteiger partial charge on any atom is 0.338 e. The van der Waals surface area contributed by atoms with E-state index in [1.165, 1.54) is 5.56 Å². The van der Waals surface area contributed by atoms with Gasteiger partial charge in [-0.1, -0.05) is 39.8 Å². The Morgan fingerprint density at radius 3 is 2.33 bits per heavy atom. The molecule has 0 amide bonds. The number of carbonyl (C=O) groups excluding carboxylic acids is 1. The zero-order valence-corrected chi connectivity index (χ0v) is 11.7. The number of esters is 1. The molecule has 3 heteroatoms. The lowest BCUT2D eigenvalue weighted by Gasteiger charge is -2.18. The van der Waals surface area contributed by atoms with Crippen LogP contribution in [-0.2, 0) is 10.2 Å². The summed E-state index contributed by atoms with van der Waals surface area (Å²) in [4.78, 5) is 11.7. The van der Waals surface area contributed by atoms with Crippen LogP contribution in [0.25, 0.3) is 0 Å². The van der Waals surface area contributed by atoms with Gasteiger partial charge in [0.05, 0.1) is 5.56 Å². The number of benzene rings is 1. The van der Waals surface area contributed by atoms with E-state index in [1.807, 2.05) is 31.2 Å². The smallest absolute Gasteiger partial charge is 0.338 e. The summed E-state index contributed by atoms with van der Waals surface area (Å²) in [5.74, 6) is -0.256. The Morgan fingerprint density at radius 2 is 1.83 bits per heavy atom. The summed E-state index contributed by atoms with van der Waals surface area (Å²) in [6, 6.07) is 7.63. The van der Waals surface area contributed by atoms with Gasteiger partial charge in [-0.15, -0.1) is 0 Å². The lowest BCUT2D eigenvalue weighted by molar-refractivity contribution is 0.0509. The zero-order chi connectivity index (χ0) is 13.6. The zero-order valence-electron chi connectivity index (χ0n) is 11.7. The molecule has 0 unspecified atom stereocenters. The van der Waals surface area contributed by atoms with Gasteiger partial charge < -0.3 is 10.1 Å². The van der Waals surface area contributed by atoms with Crippen molar-refractivity contribution in [3.8, 4) is 0 Å². The first-order valence-corrected chi connectivity index (χ1v) is 6.43. The standard InChI is InChI=1S/C15H23NO2/c1-5-16-10-11-18-14(17)12-6-8-13(9-7-12)15(2,3)4/h6-9,16H,5,10-11H2,1-4H3. The van der Waals surface area contributed by atoms with Gasteiger partial charge in [-0.2, -0.15) is 0 Å². The predicted molar refractivity (Wildman–Crippen MR) is 74.0 cm³/mol. The molecule has 1 N–H and O–H groups in total. The second-order valence-electron chi connectivity index (χ2n) is 5.32. The van der Waals surface area contributed by atoms with Crippen LogP contribution in [-0.4, -0.2) is 25.7 Å². The topological polar surface area (TPSA) is 38.3 Å². The second kappa shape index (κ2) is 6.55. The van der Waals surface area contributed by atoms with Crippen molar-refractivity contribution >= 4 is 5.97 Å². The van der Waals surface area contributed by atoms with E-state index in [2.05, 4.69) is 26.1 Å². The third-order valence-corrected chi connectivity index (χ3v) is 2.75. The number of carbonyl (C=O) groups is 1. The molecule has 3 nitrogen and oxygen atoms in total. The average molecular weight is 249 g/mol. The van der Waals surface area contributed by atoms with Crippen LogP contribution < -0.4 is 5.32 Å². The van der Waals surface area contributed by atoms with Crippen molar-refractivity contribution in [3.63, 3.8) is 0 Å². The van der Waals surface area contributed by atoms with Crippen LogP contribution in [0.2, 0.25) is 0 Å². The molecule has 0 spiro atoms. The largest absolute Gasteiger partial charge is 0.461 e. The molecule has 0 fully saturated rings. The monoisotopic (exact) mass is 249 g/mol.